The summed E-state index contributed by atoms with van der Waals surface area (Å²) in [4.78, 5) is 16.2. The van der Waals surface area contributed by atoms with Gasteiger partial charge in [-0.15, -0.1) is 0 Å². The lowest BCUT2D eigenvalue weighted by Crippen LogP contribution is -2.34. The molecule has 0 bridgehead atoms. The molecule has 11 heteroatoms. The van der Waals surface area contributed by atoms with Crippen molar-refractivity contribution in [2.24, 2.45) is 0 Å². The number of carbonyl (C=O) groups excluding carboxylic acids is 1. The number of thioether (sulfide) groups is 1. The van der Waals surface area contributed by atoms with E-state index in [1.807, 2.05) is 0 Å². The zero-order chi connectivity index (χ0) is 19.0. The number of ether oxygens (including phenoxy) is 1. The minimum Gasteiger partial charge on any atom is -0.497 e. The highest BCUT2D eigenvalue weighted by atomic mass is 32.2. The molecule has 1 aromatic heterocycles. The lowest BCUT2D eigenvalue weighted by Gasteiger charge is -2.18. The molecule has 26 heavy (non-hydrogen) atoms. The number of nitrogens with zero attached hydrogens (tertiary/aromatic N) is 2. The van der Waals surface area contributed by atoms with E-state index in [2.05, 4.69) is 25.2 Å². The van der Waals surface area contributed by atoms with Gasteiger partial charge in [-0.2, -0.15) is 5.10 Å². The molecular weight excluding hydrogens is 378 g/mol. The van der Waals surface area contributed by atoms with Gasteiger partial charge in [-0.25, -0.2) is 18.1 Å². The highest BCUT2D eigenvalue weighted by molar-refractivity contribution is 7.99. The normalized spacial score (nSPS) is 12.5. The van der Waals surface area contributed by atoms with Crippen LogP contribution in [0.3, 0.4) is 0 Å². The molecule has 2 aromatic rings. The predicted octanol–water partition coefficient (Wildman–Crippen LogP) is 0.702. The van der Waals surface area contributed by atoms with E-state index in [-0.39, 0.29) is 12.3 Å². The molecule has 0 saturated carbocycles. The van der Waals surface area contributed by atoms with Crippen molar-refractivity contribution in [2.75, 3.05) is 25.7 Å². The zero-order valence-electron chi connectivity index (χ0n) is 14.4. The Balaban J connectivity index is 1.90. The Labute approximate surface area is 156 Å². The number of hydrogen-bond acceptors (Lipinski definition) is 7. The molecule has 0 saturated heterocycles. The van der Waals surface area contributed by atoms with Crippen LogP contribution in [0.5, 0.6) is 5.75 Å². The number of sulfonamides is 1. The van der Waals surface area contributed by atoms with Crippen LogP contribution < -0.4 is 14.8 Å². The van der Waals surface area contributed by atoms with E-state index in [0.29, 0.717) is 28.8 Å². The first-order chi connectivity index (χ1) is 12.4. The molecule has 142 valence electrons. The molecule has 0 aliphatic carbocycles. The van der Waals surface area contributed by atoms with Crippen LogP contribution in [0.4, 0.5) is 0 Å². The summed E-state index contributed by atoms with van der Waals surface area (Å²) >= 11 is 1.43. The molecule has 2 rings (SSSR count). The van der Waals surface area contributed by atoms with Gasteiger partial charge < -0.3 is 10.1 Å². The van der Waals surface area contributed by atoms with E-state index in [9.17, 15) is 13.2 Å². The van der Waals surface area contributed by atoms with Crippen molar-refractivity contribution < 1.29 is 17.9 Å². The second kappa shape index (κ2) is 9.55. The fourth-order valence-corrected chi connectivity index (χ4v) is 3.55. The molecule has 3 N–H and O–H groups in total. The van der Waals surface area contributed by atoms with E-state index in [1.165, 1.54) is 18.1 Å². The average Bonchev–Trinajstić information content (AvgIpc) is 3.10. The van der Waals surface area contributed by atoms with Crippen LogP contribution in [0.25, 0.3) is 0 Å². The third kappa shape index (κ3) is 7.02. The summed E-state index contributed by atoms with van der Waals surface area (Å²) in [6, 6.07) is 6.25. The van der Waals surface area contributed by atoms with Crippen LogP contribution in [0.15, 0.2) is 35.7 Å². The maximum Gasteiger partial charge on any atom is 0.221 e. The maximum absolute atomic E-state index is 12.2. The van der Waals surface area contributed by atoms with Gasteiger partial charge in [0.2, 0.25) is 15.9 Å². The second-order valence-corrected chi connectivity index (χ2v) is 8.27. The summed E-state index contributed by atoms with van der Waals surface area (Å²) in [6.45, 7) is 0.429. The van der Waals surface area contributed by atoms with E-state index in [1.54, 1.807) is 31.4 Å². The molecule has 1 unspecified atom stereocenters. The van der Waals surface area contributed by atoms with Crippen molar-refractivity contribution in [2.45, 2.75) is 17.6 Å². The molecule has 0 fully saturated rings. The first kappa shape index (κ1) is 20.2. The molecule has 1 amide bonds. The third-order valence-corrected chi connectivity index (χ3v) is 4.91. The number of aromatic nitrogens is 3. The van der Waals surface area contributed by atoms with E-state index < -0.39 is 16.1 Å². The minimum absolute atomic E-state index is 0.00757. The summed E-state index contributed by atoms with van der Waals surface area (Å²) in [5.41, 5.74) is 0.683. The van der Waals surface area contributed by atoms with Crippen LogP contribution in [0.1, 0.15) is 18.0 Å². The molecular formula is C15H21N5O4S2. The fraction of sp³-hybridized carbons (Fsp3) is 0.400. The monoisotopic (exact) mass is 399 g/mol. The Bertz CT molecular complexity index is 794. The smallest absolute Gasteiger partial charge is 0.221 e. The molecule has 1 heterocycles. The van der Waals surface area contributed by atoms with Gasteiger partial charge in [-0.05, 0) is 17.7 Å². The van der Waals surface area contributed by atoms with Crippen molar-refractivity contribution in [3.05, 3.63) is 36.2 Å². The topological polar surface area (TPSA) is 126 Å². The summed E-state index contributed by atoms with van der Waals surface area (Å²) in [5, 5.41) is 9.90. The van der Waals surface area contributed by atoms with Gasteiger partial charge in [0.15, 0.2) is 5.16 Å². The Morgan fingerprint density at radius 3 is 2.65 bits per heavy atom. The fourth-order valence-electron chi connectivity index (χ4n) is 2.18. The summed E-state index contributed by atoms with van der Waals surface area (Å²) in [5.74, 6) is 1.02. The van der Waals surface area contributed by atoms with E-state index in [4.69, 9.17) is 4.74 Å². The van der Waals surface area contributed by atoms with Gasteiger partial charge in [-0.3, -0.25) is 9.89 Å². The molecule has 0 aliphatic heterocycles. The maximum atomic E-state index is 12.2. The van der Waals surface area contributed by atoms with Crippen molar-refractivity contribution >= 4 is 27.7 Å². The first-order valence-corrected chi connectivity index (χ1v) is 10.6. The third-order valence-electron chi connectivity index (χ3n) is 3.32. The van der Waals surface area contributed by atoms with Crippen LogP contribution in [0.2, 0.25) is 0 Å². The lowest BCUT2D eigenvalue weighted by atomic mass is 10.0. The number of aromatic amines is 1. The largest absolute Gasteiger partial charge is 0.497 e. The van der Waals surface area contributed by atoms with Gasteiger partial charge in [-0.1, -0.05) is 23.9 Å². The Morgan fingerprint density at radius 2 is 2.08 bits per heavy atom. The Kier molecular flexibility index (Phi) is 7.42. The van der Waals surface area contributed by atoms with Crippen LogP contribution in [0, 0.1) is 0 Å². The summed E-state index contributed by atoms with van der Waals surface area (Å²) in [7, 11) is -1.93. The summed E-state index contributed by atoms with van der Waals surface area (Å²) < 4.78 is 30.8. The average molecular weight is 399 g/mol. The molecule has 0 aliphatic rings. The number of benzene rings is 1. The number of H-pyrrole nitrogens is 1. The molecule has 1 aromatic carbocycles. The Hall–Kier alpha value is -2.11. The molecule has 0 spiro atoms. The van der Waals surface area contributed by atoms with Crippen molar-refractivity contribution in [3.63, 3.8) is 0 Å². The van der Waals surface area contributed by atoms with Gasteiger partial charge >= 0.3 is 0 Å². The summed E-state index contributed by atoms with van der Waals surface area (Å²) in [6.07, 6.45) is 2.47. The number of carbonyl (C=O) groups is 1. The van der Waals surface area contributed by atoms with Gasteiger partial charge in [0, 0.05) is 18.7 Å². The van der Waals surface area contributed by atoms with E-state index >= 15 is 0 Å². The molecule has 0 radical (unpaired) electrons. The number of amides is 1. The minimum atomic E-state index is -3.47. The van der Waals surface area contributed by atoms with Crippen molar-refractivity contribution in [1.82, 2.24) is 25.2 Å². The Morgan fingerprint density at radius 1 is 1.35 bits per heavy atom. The second-order valence-electron chi connectivity index (χ2n) is 5.41. The molecule has 9 nitrogen and oxygen atoms in total. The van der Waals surface area contributed by atoms with Gasteiger partial charge in [0.05, 0.1) is 19.4 Å². The first-order valence-electron chi connectivity index (χ1n) is 7.73. The van der Waals surface area contributed by atoms with Crippen molar-refractivity contribution in [1.29, 1.82) is 0 Å². The zero-order valence-corrected chi connectivity index (χ0v) is 16.1. The number of hydrogen-bond donors (Lipinski definition) is 3. The highest BCUT2D eigenvalue weighted by Gasteiger charge is 2.19. The predicted molar refractivity (Wildman–Crippen MR) is 98.4 cm³/mol. The van der Waals surface area contributed by atoms with E-state index in [0.717, 1.165) is 6.26 Å². The standard InChI is InChI=1S/C15H21N5O4S2/c1-24-12-5-3-11(4-6-12)13(20-26(2,22)23)9-14(21)16-7-8-25-15-17-10-18-19-15/h3-6,10,13,20H,7-9H2,1-2H3,(H,16,21)(H,17,18,19). The lowest BCUT2D eigenvalue weighted by molar-refractivity contribution is -0.121. The molecule has 1 atom stereocenters. The highest BCUT2D eigenvalue weighted by Crippen LogP contribution is 2.21. The van der Waals surface area contributed by atoms with Crippen LogP contribution in [-0.2, 0) is 14.8 Å². The SMILES string of the molecule is COc1ccc(C(CC(=O)NCCSc2ncn[nH]2)NS(C)(=O)=O)cc1. The number of rotatable bonds is 10. The van der Waals surface area contributed by atoms with Gasteiger partial charge in [0.1, 0.15) is 12.1 Å². The van der Waals surface area contributed by atoms with Crippen LogP contribution in [-0.4, -0.2) is 55.2 Å². The number of methoxy groups -OCH3 is 1. The number of nitrogens with one attached hydrogen (secondary N) is 3. The van der Waals surface area contributed by atoms with Crippen LogP contribution >= 0.6 is 11.8 Å². The van der Waals surface area contributed by atoms with Gasteiger partial charge in [0.25, 0.3) is 0 Å². The van der Waals surface area contributed by atoms with Crippen molar-refractivity contribution in [3.8, 4) is 5.75 Å². The quantitative estimate of drug-likeness (QED) is 0.396.